The van der Waals surface area contributed by atoms with Crippen molar-refractivity contribution in [3.63, 3.8) is 0 Å². The lowest BCUT2D eigenvalue weighted by atomic mass is 10.0. The van der Waals surface area contributed by atoms with Gasteiger partial charge >= 0.3 is 0 Å². The summed E-state index contributed by atoms with van der Waals surface area (Å²) >= 11 is 3.26. The summed E-state index contributed by atoms with van der Waals surface area (Å²) in [5.74, 6) is -0.0191. The molecule has 2 atom stereocenters. The molecule has 0 bridgehead atoms. The number of methoxy groups -OCH3 is 1. The second-order valence-corrected chi connectivity index (χ2v) is 7.48. The first-order valence-corrected chi connectivity index (χ1v) is 9.18. The minimum atomic E-state index is -0.385. The number of amides is 1. The van der Waals surface area contributed by atoms with Crippen molar-refractivity contribution in [3.05, 3.63) is 63.4 Å². The smallest absolute Gasteiger partial charge is 0.254 e. The third-order valence-corrected chi connectivity index (χ3v) is 5.01. The molecular weight excluding hydrogens is 401 g/mol. The number of hydrogen-bond donors (Lipinski definition) is 0. The van der Waals surface area contributed by atoms with Crippen LogP contribution in [0.25, 0.3) is 0 Å². The van der Waals surface area contributed by atoms with Gasteiger partial charge in [-0.05, 0) is 37.6 Å². The summed E-state index contributed by atoms with van der Waals surface area (Å²) in [6.45, 7) is 4.71. The van der Waals surface area contributed by atoms with Crippen LogP contribution in [0, 0.1) is 19.7 Å². The molecular formula is C20H21BrFNO3. The molecule has 1 fully saturated rings. The fourth-order valence-electron chi connectivity index (χ4n) is 3.16. The van der Waals surface area contributed by atoms with Gasteiger partial charge in [0.2, 0.25) is 0 Å². The summed E-state index contributed by atoms with van der Waals surface area (Å²) in [7, 11) is 1.59. The van der Waals surface area contributed by atoms with Gasteiger partial charge in [0.15, 0.2) is 0 Å². The molecule has 2 aromatic rings. The van der Waals surface area contributed by atoms with Crippen molar-refractivity contribution in [2.24, 2.45) is 0 Å². The van der Waals surface area contributed by atoms with Crippen LogP contribution in [0.3, 0.4) is 0 Å². The summed E-state index contributed by atoms with van der Waals surface area (Å²) in [5, 5.41) is 0. The molecule has 1 aliphatic rings. The van der Waals surface area contributed by atoms with Crippen LogP contribution >= 0.6 is 15.9 Å². The predicted molar refractivity (Wildman–Crippen MR) is 101 cm³/mol. The normalized spacial score (nSPS) is 19.7. The summed E-state index contributed by atoms with van der Waals surface area (Å²) in [5.41, 5.74) is 2.67. The molecule has 26 heavy (non-hydrogen) atoms. The van der Waals surface area contributed by atoms with E-state index in [1.165, 1.54) is 12.1 Å². The van der Waals surface area contributed by atoms with Gasteiger partial charge in [-0.25, -0.2) is 4.39 Å². The summed E-state index contributed by atoms with van der Waals surface area (Å²) in [6.07, 6.45) is -0.631. The first-order chi connectivity index (χ1) is 12.4. The van der Waals surface area contributed by atoms with E-state index in [2.05, 4.69) is 15.9 Å². The van der Waals surface area contributed by atoms with E-state index in [4.69, 9.17) is 9.47 Å². The van der Waals surface area contributed by atoms with Gasteiger partial charge < -0.3 is 14.4 Å². The quantitative estimate of drug-likeness (QED) is 0.744. The Kier molecular flexibility index (Phi) is 5.63. The molecule has 3 rings (SSSR count). The first kappa shape index (κ1) is 18.9. The second-order valence-electron chi connectivity index (χ2n) is 6.56. The highest BCUT2D eigenvalue weighted by atomic mass is 79.9. The van der Waals surface area contributed by atoms with E-state index in [0.717, 1.165) is 11.1 Å². The fraction of sp³-hybridized carbons (Fsp3) is 0.350. The van der Waals surface area contributed by atoms with Gasteiger partial charge in [0.1, 0.15) is 23.8 Å². The zero-order valence-corrected chi connectivity index (χ0v) is 16.5. The zero-order valence-electron chi connectivity index (χ0n) is 15.0. The molecule has 0 radical (unpaired) electrons. The van der Waals surface area contributed by atoms with Crippen molar-refractivity contribution in [1.82, 2.24) is 4.90 Å². The lowest BCUT2D eigenvalue weighted by molar-refractivity contribution is 0.0338. The Morgan fingerprint density at radius 3 is 2.58 bits per heavy atom. The number of aryl methyl sites for hydroxylation is 2. The molecule has 0 aliphatic carbocycles. The fourth-order valence-corrected chi connectivity index (χ4v) is 3.60. The Labute approximate surface area is 161 Å². The lowest BCUT2D eigenvalue weighted by Crippen LogP contribution is -2.32. The highest BCUT2D eigenvalue weighted by Crippen LogP contribution is 2.26. The van der Waals surface area contributed by atoms with E-state index >= 15 is 0 Å². The summed E-state index contributed by atoms with van der Waals surface area (Å²) < 4.78 is 25.6. The predicted octanol–water partition coefficient (Wildman–Crippen LogP) is 4.12. The average Bonchev–Trinajstić information content (AvgIpc) is 2.98. The van der Waals surface area contributed by atoms with Gasteiger partial charge in [0.05, 0.1) is 13.1 Å². The average molecular weight is 422 g/mol. The maximum Gasteiger partial charge on any atom is 0.254 e. The van der Waals surface area contributed by atoms with Gasteiger partial charge in [-0.2, -0.15) is 0 Å². The highest BCUT2D eigenvalue weighted by Gasteiger charge is 2.37. The number of carbonyl (C=O) groups is 1. The van der Waals surface area contributed by atoms with E-state index < -0.39 is 0 Å². The third kappa shape index (κ3) is 4.07. The maximum absolute atomic E-state index is 13.6. The van der Waals surface area contributed by atoms with Crippen molar-refractivity contribution >= 4 is 21.8 Å². The van der Waals surface area contributed by atoms with Crippen LogP contribution in [0.1, 0.15) is 21.5 Å². The molecule has 2 aromatic carbocycles. The molecule has 0 spiro atoms. The Morgan fingerprint density at radius 2 is 1.88 bits per heavy atom. The summed E-state index contributed by atoms with van der Waals surface area (Å²) in [4.78, 5) is 14.7. The number of benzene rings is 2. The maximum atomic E-state index is 13.6. The molecule has 1 heterocycles. The van der Waals surface area contributed by atoms with E-state index in [1.54, 1.807) is 18.1 Å². The van der Waals surface area contributed by atoms with Crippen LogP contribution in [0.5, 0.6) is 5.75 Å². The Morgan fingerprint density at radius 1 is 1.15 bits per heavy atom. The number of rotatable bonds is 4. The molecule has 4 nitrogen and oxygen atoms in total. The molecule has 1 amide bonds. The van der Waals surface area contributed by atoms with Crippen molar-refractivity contribution < 1.29 is 18.7 Å². The van der Waals surface area contributed by atoms with Crippen LogP contribution in [0.4, 0.5) is 4.39 Å². The summed E-state index contributed by atoms with van der Waals surface area (Å²) in [6, 6.07) is 10.2. The first-order valence-electron chi connectivity index (χ1n) is 8.39. The highest BCUT2D eigenvalue weighted by molar-refractivity contribution is 9.10. The lowest BCUT2D eigenvalue weighted by Gasteiger charge is -2.19. The van der Waals surface area contributed by atoms with Gasteiger partial charge in [0, 0.05) is 23.2 Å². The van der Waals surface area contributed by atoms with Gasteiger partial charge in [-0.1, -0.05) is 33.6 Å². The van der Waals surface area contributed by atoms with E-state index in [9.17, 15) is 9.18 Å². The van der Waals surface area contributed by atoms with Crippen molar-refractivity contribution in [1.29, 1.82) is 0 Å². The molecule has 0 aromatic heterocycles. The van der Waals surface area contributed by atoms with Crippen LogP contribution in [-0.2, 0) is 4.74 Å². The second kappa shape index (κ2) is 7.76. The van der Waals surface area contributed by atoms with E-state index in [1.807, 2.05) is 32.0 Å². The van der Waals surface area contributed by atoms with E-state index in [0.29, 0.717) is 28.9 Å². The zero-order chi connectivity index (χ0) is 18.8. The minimum absolute atomic E-state index is 0.0419. The molecule has 1 aliphatic heterocycles. The third-order valence-electron chi connectivity index (χ3n) is 4.55. The van der Waals surface area contributed by atoms with Crippen LogP contribution in [-0.4, -0.2) is 43.2 Å². The number of nitrogens with zero attached hydrogens (tertiary/aromatic N) is 1. The van der Waals surface area contributed by atoms with Gasteiger partial charge in [0.25, 0.3) is 5.91 Å². The number of carbonyl (C=O) groups excluding carboxylic acids is 1. The van der Waals surface area contributed by atoms with Gasteiger partial charge in [-0.15, -0.1) is 0 Å². The SMILES string of the molecule is COC1CN(C(=O)c2cc(C)ccc2C)CC1Oc1cc(F)cc(Br)c1. The number of hydrogen-bond acceptors (Lipinski definition) is 3. The number of halogens is 2. The molecule has 0 saturated carbocycles. The van der Waals surface area contributed by atoms with Crippen molar-refractivity contribution in [3.8, 4) is 5.75 Å². The largest absolute Gasteiger partial charge is 0.486 e. The standard InChI is InChI=1S/C20H21BrFNO3/c1-12-4-5-13(2)17(6-12)20(24)23-10-18(25-3)19(11-23)26-16-8-14(21)7-15(22)9-16/h4-9,18-19H,10-11H2,1-3H3. The van der Waals surface area contributed by atoms with Crippen LogP contribution < -0.4 is 4.74 Å². The Bertz CT molecular complexity index is 806. The molecule has 138 valence electrons. The molecule has 1 saturated heterocycles. The van der Waals surface area contributed by atoms with Crippen LogP contribution in [0.2, 0.25) is 0 Å². The molecule has 0 N–H and O–H groups in total. The van der Waals surface area contributed by atoms with E-state index in [-0.39, 0.29) is 23.9 Å². The molecule has 2 unspecified atom stereocenters. The topological polar surface area (TPSA) is 38.8 Å². The minimum Gasteiger partial charge on any atom is -0.486 e. The number of likely N-dealkylation sites (tertiary alicyclic amines) is 1. The Hall–Kier alpha value is -1.92. The van der Waals surface area contributed by atoms with Crippen molar-refractivity contribution in [2.45, 2.75) is 26.1 Å². The van der Waals surface area contributed by atoms with Crippen LogP contribution in [0.15, 0.2) is 40.9 Å². The van der Waals surface area contributed by atoms with Gasteiger partial charge in [-0.3, -0.25) is 4.79 Å². The number of ether oxygens (including phenoxy) is 2. The monoisotopic (exact) mass is 421 g/mol. The van der Waals surface area contributed by atoms with Crippen molar-refractivity contribution in [2.75, 3.05) is 20.2 Å². The molecule has 6 heteroatoms. The Balaban J connectivity index is 1.78.